The van der Waals surface area contributed by atoms with Gasteiger partial charge in [0, 0.05) is 10.9 Å². The van der Waals surface area contributed by atoms with Crippen molar-refractivity contribution in [3.63, 3.8) is 0 Å². The summed E-state index contributed by atoms with van der Waals surface area (Å²) in [6, 6.07) is 26.1. The summed E-state index contributed by atoms with van der Waals surface area (Å²) in [5, 5.41) is 11.5. The van der Waals surface area contributed by atoms with Gasteiger partial charge in [0.05, 0.1) is 22.4 Å². The summed E-state index contributed by atoms with van der Waals surface area (Å²) in [7, 11) is 0. The molecule has 0 amide bonds. The number of hydrogen-bond acceptors (Lipinski definition) is 7. The van der Waals surface area contributed by atoms with Crippen LogP contribution < -0.4 is 20.8 Å². The van der Waals surface area contributed by atoms with E-state index in [2.05, 4.69) is 6.07 Å². The van der Waals surface area contributed by atoms with Crippen LogP contribution in [-0.4, -0.2) is 4.98 Å². The minimum atomic E-state index is -0.905. The van der Waals surface area contributed by atoms with Crippen molar-refractivity contribution in [1.82, 2.24) is 4.98 Å². The van der Waals surface area contributed by atoms with Crippen LogP contribution in [0.1, 0.15) is 22.6 Å². The molecule has 7 heteroatoms. The van der Waals surface area contributed by atoms with Gasteiger partial charge >= 0.3 is 5.63 Å². The molecule has 174 valence electrons. The molecule has 6 rings (SSSR count). The lowest BCUT2D eigenvalue weighted by atomic mass is 9.83. The highest BCUT2D eigenvalue weighted by Crippen LogP contribution is 2.46. The number of nitrogens with two attached hydrogens (primary N) is 1. The second-order valence-electron chi connectivity index (χ2n) is 8.54. The Labute approximate surface area is 205 Å². The van der Waals surface area contributed by atoms with Crippen molar-refractivity contribution in [1.29, 1.82) is 5.26 Å². The average molecular weight is 473 g/mol. The molecule has 0 saturated heterocycles. The van der Waals surface area contributed by atoms with E-state index < -0.39 is 11.5 Å². The molecule has 3 heterocycles. The van der Waals surface area contributed by atoms with Gasteiger partial charge in [0.25, 0.3) is 0 Å². The lowest BCUT2D eigenvalue weighted by Crippen LogP contribution is -2.26. The van der Waals surface area contributed by atoms with Gasteiger partial charge in [-0.15, -0.1) is 0 Å². The molecular formula is C29H19N3O4. The third-order valence-corrected chi connectivity index (χ3v) is 6.24. The molecule has 0 aliphatic carbocycles. The Balaban J connectivity index is 1.66. The summed E-state index contributed by atoms with van der Waals surface area (Å²) in [5.41, 5.74) is 8.53. The fraction of sp³-hybridized carbons (Fsp3) is 0.0690. The number of nitriles is 1. The highest BCUT2D eigenvalue weighted by atomic mass is 16.5. The predicted molar refractivity (Wildman–Crippen MR) is 135 cm³/mol. The normalized spacial score (nSPS) is 14.8. The van der Waals surface area contributed by atoms with Gasteiger partial charge < -0.3 is 19.6 Å². The Morgan fingerprint density at radius 2 is 1.78 bits per heavy atom. The molecule has 0 fully saturated rings. The topological polar surface area (TPSA) is 111 Å². The van der Waals surface area contributed by atoms with Gasteiger partial charge in [-0.2, -0.15) is 5.26 Å². The van der Waals surface area contributed by atoms with Crippen molar-refractivity contribution >= 4 is 21.9 Å². The molecule has 0 saturated carbocycles. The fourth-order valence-electron chi connectivity index (χ4n) is 4.50. The van der Waals surface area contributed by atoms with Crippen molar-refractivity contribution in [2.75, 3.05) is 0 Å². The molecule has 3 aromatic carbocycles. The van der Waals surface area contributed by atoms with Crippen LogP contribution >= 0.6 is 0 Å². The number of ether oxygens (including phenoxy) is 2. The Morgan fingerprint density at radius 1 is 1.03 bits per heavy atom. The Morgan fingerprint density at radius 3 is 2.58 bits per heavy atom. The zero-order chi connectivity index (χ0) is 24.8. The summed E-state index contributed by atoms with van der Waals surface area (Å²) < 4.78 is 17.7. The number of rotatable bonds is 3. The minimum Gasteiger partial charge on any atom is -0.439 e. The van der Waals surface area contributed by atoms with E-state index in [0.29, 0.717) is 27.8 Å². The Kier molecular flexibility index (Phi) is 4.94. The Bertz CT molecular complexity index is 1800. The number of aromatic nitrogens is 1. The van der Waals surface area contributed by atoms with Gasteiger partial charge in [0.1, 0.15) is 23.0 Å². The minimum absolute atomic E-state index is 0.0796. The van der Waals surface area contributed by atoms with Crippen LogP contribution in [0.3, 0.4) is 0 Å². The van der Waals surface area contributed by atoms with Crippen molar-refractivity contribution in [3.05, 3.63) is 117 Å². The van der Waals surface area contributed by atoms with E-state index >= 15 is 0 Å². The highest BCUT2D eigenvalue weighted by molar-refractivity contribution is 5.87. The summed E-state index contributed by atoms with van der Waals surface area (Å²) in [4.78, 5) is 18.1. The molecule has 1 aliphatic rings. The number of fused-ring (bicyclic) bond motifs is 4. The Hall–Kier alpha value is -5.09. The predicted octanol–water partition coefficient (Wildman–Crippen LogP) is 5.66. The molecule has 1 unspecified atom stereocenters. The molecule has 2 N–H and O–H groups in total. The van der Waals surface area contributed by atoms with E-state index in [0.717, 1.165) is 10.9 Å². The van der Waals surface area contributed by atoms with Gasteiger partial charge in [0.2, 0.25) is 11.8 Å². The summed E-state index contributed by atoms with van der Waals surface area (Å²) in [6.07, 6.45) is 0. The summed E-state index contributed by atoms with van der Waals surface area (Å²) in [5.74, 6) is 0.0941. The first-order chi connectivity index (χ1) is 17.5. The van der Waals surface area contributed by atoms with Crippen LogP contribution in [-0.2, 0) is 0 Å². The molecule has 2 aromatic heterocycles. The first kappa shape index (κ1) is 21.4. The van der Waals surface area contributed by atoms with Crippen LogP contribution in [0.5, 0.6) is 17.4 Å². The zero-order valence-corrected chi connectivity index (χ0v) is 19.2. The van der Waals surface area contributed by atoms with Crippen LogP contribution in [0.25, 0.3) is 21.9 Å². The van der Waals surface area contributed by atoms with E-state index in [4.69, 9.17) is 24.6 Å². The molecule has 1 aliphatic heterocycles. The molecule has 7 nitrogen and oxygen atoms in total. The van der Waals surface area contributed by atoms with Crippen LogP contribution in [0.2, 0.25) is 0 Å². The van der Waals surface area contributed by atoms with E-state index in [9.17, 15) is 10.1 Å². The molecule has 0 spiro atoms. The van der Waals surface area contributed by atoms with Crippen LogP contribution in [0.4, 0.5) is 0 Å². The molecule has 1 atom stereocenters. The highest BCUT2D eigenvalue weighted by Gasteiger charge is 2.37. The molecule has 0 bridgehead atoms. The van der Waals surface area contributed by atoms with Crippen LogP contribution in [0.15, 0.2) is 99.5 Å². The monoisotopic (exact) mass is 473 g/mol. The zero-order valence-electron chi connectivity index (χ0n) is 19.2. The van der Waals surface area contributed by atoms with Gasteiger partial charge in [-0.25, -0.2) is 9.78 Å². The fourth-order valence-corrected chi connectivity index (χ4v) is 4.50. The standard InChI is InChI=1S/C29H19N3O4/c1-16-10-12-18(13-11-16)34-28-20(14-17-6-2-4-8-22(17)32-28)24-21(15-30)27(31)36-26-19-7-3-5-9-23(19)35-29(33)25(24)26/h2-14,24H,31H2,1H3. The number of hydrogen-bond donors (Lipinski definition) is 1. The van der Waals surface area contributed by atoms with Gasteiger partial charge in [-0.3, -0.25) is 0 Å². The van der Waals surface area contributed by atoms with Crippen molar-refractivity contribution in [3.8, 4) is 23.4 Å². The number of allylic oxidation sites excluding steroid dienone is 1. The molecule has 36 heavy (non-hydrogen) atoms. The summed E-state index contributed by atoms with van der Waals surface area (Å²) >= 11 is 0. The molecule has 5 aromatic rings. The first-order valence-electron chi connectivity index (χ1n) is 11.3. The maximum atomic E-state index is 13.3. The number of aryl methyl sites for hydroxylation is 1. The van der Waals surface area contributed by atoms with Gasteiger partial charge in [-0.1, -0.05) is 48.0 Å². The second-order valence-corrected chi connectivity index (χ2v) is 8.54. The maximum absolute atomic E-state index is 13.3. The molecule has 0 radical (unpaired) electrons. The lowest BCUT2D eigenvalue weighted by molar-refractivity contribution is 0.385. The van der Waals surface area contributed by atoms with E-state index in [-0.39, 0.29) is 28.6 Å². The SMILES string of the molecule is Cc1ccc(Oc2nc3ccccc3cc2C2C(C#N)=C(N)Oc3c2c(=O)oc2ccccc32)cc1. The third-order valence-electron chi connectivity index (χ3n) is 6.24. The maximum Gasteiger partial charge on any atom is 0.344 e. The first-order valence-corrected chi connectivity index (χ1v) is 11.3. The quantitative estimate of drug-likeness (QED) is 0.337. The average Bonchev–Trinajstić information content (AvgIpc) is 2.89. The number of benzene rings is 3. The third kappa shape index (κ3) is 3.44. The smallest absolute Gasteiger partial charge is 0.344 e. The van der Waals surface area contributed by atoms with Crippen molar-refractivity contribution in [2.24, 2.45) is 5.73 Å². The second kappa shape index (κ2) is 8.29. The summed E-state index contributed by atoms with van der Waals surface area (Å²) in [6.45, 7) is 1.98. The van der Waals surface area contributed by atoms with E-state index in [1.807, 2.05) is 67.6 Å². The van der Waals surface area contributed by atoms with Crippen molar-refractivity contribution < 1.29 is 13.9 Å². The molecular weight excluding hydrogens is 454 g/mol. The number of nitrogens with zero attached hydrogens (tertiary/aromatic N) is 2. The van der Waals surface area contributed by atoms with Crippen LogP contribution in [0, 0.1) is 18.3 Å². The van der Waals surface area contributed by atoms with Gasteiger partial charge in [-0.05, 0) is 43.3 Å². The number of pyridine rings is 1. The van der Waals surface area contributed by atoms with Gasteiger partial charge in [0.15, 0.2) is 5.75 Å². The lowest BCUT2D eigenvalue weighted by Gasteiger charge is -2.27. The van der Waals surface area contributed by atoms with Crippen molar-refractivity contribution in [2.45, 2.75) is 12.8 Å². The van der Waals surface area contributed by atoms with E-state index in [1.54, 1.807) is 18.2 Å². The largest absolute Gasteiger partial charge is 0.439 e. The number of para-hydroxylation sites is 2. The van der Waals surface area contributed by atoms with E-state index in [1.165, 1.54) is 0 Å².